The van der Waals surface area contributed by atoms with Gasteiger partial charge >= 0.3 is 0 Å². The summed E-state index contributed by atoms with van der Waals surface area (Å²) in [6.07, 6.45) is 0. The molecule has 0 saturated heterocycles. The predicted molar refractivity (Wildman–Crippen MR) is 198 cm³/mol. The van der Waals surface area contributed by atoms with E-state index in [1.54, 1.807) is 0 Å². The second kappa shape index (κ2) is 10.2. The molecule has 0 bridgehead atoms. The average Bonchev–Trinajstić information content (AvgIpc) is 3.56. The SMILES string of the molecule is CC(C)(C)c1ccc2c(c1)c1cc(C(C)(C)C)ccc1n2-c1ccccc1-c1ccccc1-n1c2ccccc2c2ccccc21. The highest BCUT2D eigenvalue weighted by Gasteiger charge is 2.23. The standard InChI is InChI=1S/C44H40N2/c1-43(2,3)29-23-25-41-35(27-29)36-28-30(44(4,5)6)24-26-42(36)46(41)40-22-14-10-18-34(40)33-17-9-13-21-39(33)45-37-19-11-7-15-31(37)32-16-8-12-20-38(32)45/h7-28H,1-6H3. The summed E-state index contributed by atoms with van der Waals surface area (Å²) in [6.45, 7) is 13.8. The Labute approximate surface area is 271 Å². The molecule has 0 radical (unpaired) electrons. The Morgan fingerprint density at radius 2 is 0.696 bits per heavy atom. The van der Waals surface area contributed by atoms with Crippen molar-refractivity contribution in [2.24, 2.45) is 0 Å². The molecule has 0 atom stereocenters. The van der Waals surface area contributed by atoms with Crippen molar-refractivity contribution < 1.29 is 0 Å². The van der Waals surface area contributed by atoms with E-state index in [0.29, 0.717) is 0 Å². The molecule has 8 aromatic rings. The lowest BCUT2D eigenvalue weighted by Crippen LogP contribution is -2.10. The summed E-state index contributed by atoms with van der Waals surface area (Å²) in [7, 11) is 0. The van der Waals surface area contributed by atoms with E-state index in [4.69, 9.17) is 0 Å². The van der Waals surface area contributed by atoms with Gasteiger partial charge in [-0.05, 0) is 70.5 Å². The topological polar surface area (TPSA) is 9.86 Å². The van der Waals surface area contributed by atoms with Crippen molar-refractivity contribution in [3.8, 4) is 22.5 Å². The van der Waals surface area contributed by atoms with Gasteiger partial charge in [0.2, 0.25) is 0 Å². The van der Waals surface area contributed by atoms with Crippen LogP contribution in [0.1, 0.15) is 52.7 Å². The van der Waals surface area contributed by atoms with Gasteiger partial charge < -0.3 is 9.13 Å². The molecule has 0 fully saturated rings. The van der Waals surface area contributed by atoms with E-state index in [1.807, 2.05) is 0 Å². The van der Waals surface area contributed by atoms with Crippen LogP contribution in [0.5, 0.6) is 0 Å². The van der Waals surface area contributed by atoms with Crippen LogP contribution in [0.2, 0.25) is 0 Å². The van der Waals surface area contributed by atoms with Crippen LogP contribution in [0, 0.1) is 0 Å². The molecule has 226 valence electrons. The fourth-order valence-corrected chi connectivity index (χ4v) is 7.19. The minimum Gasteiger partial charge on any atom is -0.309 e. The Hall–Kier alpha value is -5.08. The third-order valence-corrected chi connectivity index (χ3v) is 9.66. The maximum absolute atomic E-state index is 2.49. The van der Waals surface area contributed by atoms with Gasteiger partial charge in [0.05, 0.1) is 33.4 Å². The fourth-order valence-electron chi connectivity index (χ4n) is 7.19. The van der Waals surface area contributed by atoms with Gasteiger partial charge in [-0.15, -0.1) is 0 Å². The molecular weight excluding hydrogens is 556 g/mol. The molecular formula is C44H40N2. The van der Waals surface area contributed by atoms with E-state index in [-0.39, 0.29) is 10.8 Å². The molecule has 0 unspecified atom stereocenters. The maximum Gasteiger partial charge on any atom is 0.0541 e. The fraction of sp³-hybridized carbons (Fsp3) is 0.182. The Morgan fingerprint density at radius 3 is 1.11 bits per heavy atom. The minimum atomic E-state index is 0.0589. The molecule has 6 aromatic carbocycles. The van der Waals surface area contributed by atoms with Crippen LogP contribution in [0.3, 0.4) is 0 Å². The van der Waals surface area contributed by atoms with Crippen LogP contribution in [-0.4, -0.2) is 9.13 Å². The van der Waals surface area contributed by atoms with Gasteiger partial charge in [0.15, 0.2) is 0 Å². The van der Waals surface area contributed by atoms with E-state index in [2.05, 4.69) is 184 Å². The number of para-hydroxylation sites is 4. The number of rotatable bonds is 3. The van der Waals surface area contributed by atoms with Crippen molar-refractivity contribution in [3.05, 3.63) is 145 Å². The third-order valence-electron chi connectivity index (χ3n) is 9.66. The van der Waals surface area contributed by atoms with E-state index in [9.17, 15) is 0 Å². The molecule has 8 rings (SSSR count). The van der Waals surface area contributed by atoms with Gasteiger partial charge in [-0.3, -0.25) is 0 Å². The first-order chi connectivity index (χ1) is 22.1. The van der Waals surface area contributed by atoms with Crippen LogP contribution in [0.4, 0.5) is 0 Å². The minimum absolute atomic E-state index is 0.0589. The third kappa shape index (κ3) is 4.39. The van der Waals surface area contributed by atoms with Crippen molar-refractivity contribution in [3.63, 3.8) is 0 Å². The highest BCUT2D eigenvalue weighted by Crippen LogP contribution is 2.42. The maximum atomic E-state index is 2.49. The van der Waals surface area contributed by atoms with Gasteiger partial charge in [-0.2, -0.15) is 0 Å². The smallest absolute Gasteiger partial charge is 0.0541 e. The molecule has 0 saturated carbocycles. The molecule has 2 nitrogen and oxygen atoms in total. The lowest BCUT2D eigenvalue weighted by Gasteiger charge is -2.20. The molecule has 0 aliphatic rings. The van der Waals surface area contributed by atoms with Crippen LogP contribution in [-0.2, 0) is 10.8 Å². The monoisotopic (exact) mass is 596 g/mol. The van der Waals surface area contributed by atoms with Gasteiger partial charge in [-0.1, -0.05) is 126 Å². The van der Waals surface area contributed by atoms with E-state index in [0.717, 1.165) is 0 Å². The molecule has 2 aromatic heterocycles. The van der Waals surface area contributed by atoms with Crippen molar-refractivity contribution in [2.45, 2.75) is 52.4 Å². The summed E-state index contributed by atoms with van der Waals surface area (Å²) < 4.78 is 4.93. The highest BCUT2D eigenvalue weighted by atomic mass is 15.0. The lowest BCUT2D eigenvalue weighted by atomic mass is 9.85. The van der Waals surface area contributed by atoms with Crippen LogP contribution in [0.25, 0.3) is 66.1 Å². The molecule has 2 heterocycles. The first-order valence-electron chi connectivity index (χ1n) is 16.4. The van der Waals surface area contributed by atoms with Gasteiger partial charge in [0, 0.05) is 32.7 Å². The molecule has 0 aliphatic carbocycles. The van der Waals surface area contributed by atoms with Crippen LogP contribution >= 0.6 is 0 Å². The van der Waals surface area contributed by atoms with E-state index >= 15 is 0 Å². The molecule has 0 N–H and O–H groups in total. The molecule has 46 heavy (non-hydrogen) atoms. The zero-order valence-corrected chi connectivity index (χ0v) is 27.6. The Kier molecular flexibility index (Phi) is 6.31. The average molecular weight is 597 g/mol. The van der Waals surface area contributed by atoms with Gasteiger partial charge in [-0.25, -0.2) is 0 Å². The first kappa shape index (κ1) is 28.4. The Bertz CT molecular complexity index is 2310. The van der Waals surface area contributed by atoms with Crippen LogP contribution < -0.4 is 0 Å². The summed E-state index contributed by atoms with van der Waals surface area (Å²) in [5.74, 6) is 0. The summed E-state index contributed by atoms with van der Waals surface area (Å²) >= 11 is 0. The van der Waals surface area contributed by atoms with Gasteiger partial charge in [0.25, 0.3) is 0 Å². The first-order valence-corrected chi connectivity index (χ1v) is 16.4. The summed E-state index contributed by atoms with van der Waals surface area (Å²) in [4.78, 5) is 0. The normalized spacial score (nSPS) is 12.6. The number of hydrogen-bond donors (Lipinski definition) is 0. The molecule has 0 spiro atoms. The number of aromatic nitrogens is 2. The molecule has 0 aliphatic heterocycles. The Morgan fingerprint density at radius 1 is 0.348 bits per heavy atom. The lowest BCUT2D eigenvalue weighted by molar-refractivity contribution is 0.590. The van der Waals surface area contributed by atoms with Crippen molar-refractivity contribution in [2.75, 3.05) is 0 Å². The second-order valence-corrected chi connectivity index (χ2v) is 14.7. The van der Waals surface area contributed by atoms with E-state index in [1.165, 1.54) is 77.2 Å². The second-order valence-electron chi connectivity index (χ2n) is 14.7. The molecule has 2 heteroatoms. The van der Waals surface area contributed by atoms with Crippen LogP contribution in [0.15, 0.2) is 133 Å². The summed E-state index contributed by atoms with van der Waals surface area (Å²) in [6, 6.07) is 49.5. The number of hydrogen-bond acceptors (Lipinski definition) is 0. The number of fused-ring (bicyclic) bond motifs is 6. The largest absolute Gasteiger partial charge is 0.309 e. The predicted octanol–water partition coefficient (Wildman–Crippen LogP) is 12.1. The zero-order valence-electron chi connectivity index (χ0n) is 27.6. The number of benzene rings is 6. The summed E-state index contributed by atoms with van der Waals surface area (Å²) in [5, 5.41) is 5.15. The van der Waals surface area contributed by atoms with Crippen molar-refractivity contribution >= 4 is 43.6 Å². The van der Waals surface area contributed by atoms with E-state index < -0.39 is 0 Å². The summed E-state index contributed by atoms with van der Waals surface area (Å²) in [5.41, 5.74) is 12.5. The zero-order chi connectivity index (χ0) is 31.8. The quantitative estimate of drug-likeness (QED) is 0.192. The van der Waals surface area contributed by atoms with Gasteiger partial charge in [0.1, 0.15) is 0 Å². The highest BCUT2D eigenvalue weighted by molar-refractivity contribution is 6.11. The Balaban J connectivity index is 1.44. The van der Waals surface area contributed by atoms with Crippen molar-refractivity contribution in [1.29, 1.82) is 0 Å². The van der Waals surface area contributed by atoms with Crippen molar-refractivity contribution in [1.82, 2.24) is 9.13 Å². The molecule has 0 amide bonds. The number of nitrogens with zero attached hydrogens (tertiary/aromatic N) is 2.